The average molecular weight is 569 g/mol. The molecule has 2 aromatic carbocycles. The quantitative estimate of drug-likeness (QED) is 0.250. The molecule has 0 unspecified atom stereocenters. The van der Waals surface area contributed by atoms with Gasteiger partial charge in [0, 0.05) is 24.7 Å². The Balaban J connectivity index is 0.999. The van der Waals surface area contributed by atoms with Gasteiger partial charge >= 0.3 is 0 Å². The molecule has 4 aromatic rings. The van der Waals surface area contributed by atoms with Gasteiger partial charge in [0.25, 0.3) is 0 Å². The number of fused-ring (bicyclic) bond motifs is 2. The summed E-state index contributed by atoms with van der Waals surface area (Å²) in [5.74, 6) is 0.487. The first-order valence-electron chi connectivity index (χ1n) is 14.8. The third kappa shape index (κ3) is 4.14. The highest BCUT2D eigenvalue weighted by atomic mass is 19.1. The zero-order valence-electron chi connectivity index (χ0n) is 23.1. The van der Waals surface area contributed by atoms with Gasteiger partial charge in [-0.3, -0.25) is 9.59 Å². The number of alkyl halides is 2. The normalized spacial score (nSPS) is 30.6. The summed E-state index contributed by atoms with van der Waals surface area (Å²) in [5.41, 5.74) is 2.90. The van der Waals surface area contributed by atoms with Crippen LogP contribution in [0.15, 0.2) is 54.6 Å². The van der Waals surface area contributed by atoms with E-state index in [1.165, 1.54) is 0 Å². The molecule has 42 heavy (non-hydrogen) atoms. The monoisotopic (exact) mass is 568 g/mol. The Morgan fingerprint density at radius 3 is 2.00 bits per heavy atom. The predicted molar refractivity (Wildman–Crippen MR) is 147 cm³/mol. The fourth-order valence-electron chi connectivity index (χ4n) is 6.92. The second kappa shape index (κ2) is 9.47. The molecule has 214 valence electrons. The van der Waals surface area contributed by atoms with Crippen LogP contribution < -0.4 is 0 Å². The Kier molecular flexibility index (Phi) is 5.78. The highest BCUT2D eigenvalue weighted by molar-refractivity contribution is 5.97. The van der Waals surface area contributed by atoms with Crippen LogP contribution in [0.3, 0.4) is 0 Å². The molecule has 10 heteroatoms. The zero-order valence-corrected chi connectivity index (χ0v) is 23.1. The highest BCUT2D eigenvalue weighted by Gasteiger charge is 2.47. The van der Waals surface area contributed by atoms with Crippen LogP contribution in [0.1, 0.15) is 107 Å². The van der Waals surface area contributed by atoms with Gasteiger partial charge in [-0.1, -0.05) is 61.5 Å². The molecule has 0 amide bonds. The first-order chi connectivity index (χ1) is 20.4. The lowest BCUT2D eigenvalue weighted by Gasteiger charge is -2.16. The van der Waals surface area contributed by atoms with Crippen molar-refractivity contribution in [3.63, 3.8) is 0 Å². The fourth-order valence-corrected chi connectivity index (χ4v) is 6.92. The van der Waals surface area contributed by atoms with E-state index < -0.39 is 12.3 Å². The van der Waals surface area contributed by atoms with Gasteiger partial charge in [-0.25, -0.2) is 28.1 Å². The molecule has 2 saturated carbocycles. The zero-order chi connectivity index (χ0) is 28.7. The van der Waals surface area contributed by atoms with E-state index >= 15 is 4.39 Å². The maximum Gasteiger partial charge on any atom is 0.217 e. The lowest BCUT2D eigenvalue weighted by molar-refractivity contribution is 0.0943. The van der Waals surface area contributed by atoms with Crippen LogP contribution in [0.25, 0.3) is 0 Å². The molecule has 8 rings (SSSR count). The molecule has 2 aliphatic heterocycles. The van der Waals surface area contributed by atoms with E-state index in [4.69, 9.17) is 0 Å². The first kappa shape index (κ1) is 25.6. The lowest BCUT2D eigenvalue weighted by atomic mass is 9.94. The van der Waals surface area contributed by atoms with E-state index in [1.807, 2.05) is 61.5 Å². The summed E-state index contributed by atoms with van der Waals surface area (Å²) in [4.78, 5) is 34.8. The van der Waals surface area contributed by atoms with Crippen LogP contribution in [0, 0.1) is 23.7 Å². The molecule has 8 atom stereocenters. The van der Waals surface area contributed by atoms with Gasteiger partial charge in [0.05, 0.1) is 12.1 Å². The van der Waals surface area contributed by atoms with E-state index in [0.29, 0.717) is 18.8 Å². The van der Waals surface area contributed by atoms with Crippen LogP contribution >= 0.6 is 0 Å². The van der Waals surface area contributed by atoms with Crippen molar-refractivity contribution in [2.45, 2.75) is 63.5 Å². The minimum Gasteiger partial charge on any atom is -0.290 e. The molecular weight excluding hydrogens is 538 g/mol. The third-order valence-electron chi connectivity index (χ3n) is 9.55. The van der Waals surface area contributed by atoms with Gasteiger partial charge in [0.2, 0.25) is 23.2 Å². The molecule has 0 radical (unpaired) electrons. The minimum atomic E-state index is -1.29. The second-order valence-electron chi connectivity index (χ2n) is 12.4. The number of hydrogen-bond donors (Lipinski definition) is 0. The topological polar surface area (TPSA) is 95.6 Å². The Morgan fingerprint density at radius 1 is 0.762 bits per heavy atom. The predicted octanol–water partition coefficient (Wildman–Crippen LogP) is 5.78. The number of ketones is 2. The molecule has 2 aromatic heterocycles. The number of nitrogens with zero attached hydrogens (tertiary/aromatic N) is 6. The number of rotatable bonds is 8. The van der Waals surface area contributed by atoms with Crippen molar-refractivity contribution < 1.29 is 18.4 Å². The largest absolute Gasteiger partial charge is 0.290 e. The van der Waals surface area contributed by atoms with Gasteiger partial charge in [-0.15, -0.1) is 10.2 Å². The summed E-state index contributed by atoms with van der Waals surface area (Å²) < 4.78 is 33.1. The maximum atomic E-state index is 15.1. The standard InChI is InChI=1S/C32H30F2N6O2/c1-16-11-21(16)27(41)29-35-32-24(34)15-26(40(32)38-29)20-10-6-5-9-18(20)12-19-13-22(19)28(42)30-36-31-23(33)14-25(39(31)37-30)17-7-3-2-4-8-17/h2-10,16,19,21-26H,11-15H2,1H3/t16-,19+,21-,22+,23-,24-,25-,26-/m0/s1. The first-order valence-corrected chi connectivity index (χ1v) is 14.8. The third-order valence-corrected chi connectivity index (χ3v) is 9.55. The Bertz CT molecular complexity index is 1720. The van der Waals surface area contributed by atoms with E-state index in [1.54, 1.807) is 9.36 Å². The lowest BCUT2D eigenvalue weighted by Crippen LogP contribution is -2.13. The summed E-state index contributed by atoms with van der Waals surface area (Å²) in [6, 6.07) is 16.8. The van der Waals surface area contributed by atoms with E-state index in [9.17, 15) is 14.0 Å². The van der Waals surface area contributed by atoms with Crippen molar-refractivity contribution in [3.8, 4) is 0 Å². The number of Topliss-reactive ketones (excluding diaryl/α,β-unsaturated/α-hetero) is 2. The van der Waals surface area contributed by atoms with Gasteiger partial charge < -0.3 is 0 Å². The molecule has 0 bridgehead atoms. The molecule has 2 aliphatic carbocycles. The molecule has 2 fully saturated rings. The molecule has 0 spiro atoms. The number of halogens is 2. The van der Waals surface area contributed by atoms with Gasteiger partial charge in [0.1, 0.15) is 0 Å². The van der Waals surface area contributed by atoms with E-state index in [0.717, 1.165) is 23.1 Å². The minimum absolute atomic E-state index is 0.0627. The summed E-state index contributed by atoms with van der Waals surface area (Å²) >= 11 is 0. The maximum absolute atomic E-state index is 15.1. The van der Waals surface area contributed by atoms with Gasteiger partial charge in [-0.2, -0.15) is 0 Å². The van der Waals surface area contributed by atoms with Crippen molar-refractivity contribution in [2.24, 2.45) is 23.7 Å². The molecule has 4 heterocycles. The fraction of sp³-hybridized carbons (Fsp3) is 0.438. The number of hydrogen-bond acceptors (Lipinski definition) is 6. The van der Waals surface area contributed by atoms with E-state index in [-0.39, 0.29) is 77.5 Å². The average Bonchev–Trinajstić information content (AvgIpc) is 3.67. The molecule has 4 aliphatic rings. The van der Waals surface area contributed by atoms with Gasteiger partial charge in [0.15, 0.2) is 24.0 Å². The summed E-state index contributed by atoms with van der Waals surface area (Å²) in [7, 11) is 0. The highest BCUT2D eigenvalue weighted by Crippen LogP contribution is 2.47. The van der Waals surface area contributed by atoms with Crippen LogP contribution in [-0.4, -0.2) is 41.1 Å². The molecule has 0 N–H and O–H groups in total. The molecule has 8 nitrogen and oxygen atoms in total. The SMILES string of the molecule is C[C@H]1C[C@@H]1C(=O)c1nc2n(n1)[C@H](c1ccccc1C[C@@H]1C[C@H]1C(=O)c1nc3n(n1)[C@H](c1ccccc1)C[C@@H]3F)C[C@@H]2F. The Labute approximate surface area is 241 Å². The Morgan fingerprint density at radius 2 is 1.33 bits per heavy atom. The number of aromatic nitrogens is 6. The van der Waals surface area contributed by atoms with Crippen LogP contribution in [-0.2, 0) is 6.42 Å². The van der Waals surface area contributed by atoms with Crippen molar-refractivity contribution >= 4 is 11.6 Å². The van der Waals surface area contributed by atoms with Crippen molar-refractivity contribution in [2.75, 3.05) is 0 Å². The molecule has 0 saturated heterocycles. The van der Waals surface area contributed by atoms with E-state index in [2.05, 4.69) is 20.2 Å². The number of carbonyl (C=O) groups is 2. The van der Waals surface area contributed by atoms with Crippen molar-refractivity contribution in [3.05, 3.63) is 94.6 Å². The number of carbonyl (C=O) groups excluding carboxylic acids is 2. The second-order valence-corrected chi connectivity index (χ2v) is 12.4. The van der Waals surface area contributed by atoms with Crippen LogP contribution in [0.4, 0.5) is 8.78 Å². The summed E-state index contributed by atoms with van der Waals surface area (Å²) in [5, 5.41) is 8.97. The van der Waals surface area contributed by atoms with Crippen molar-refractivity contribution in [1.82, 2.24) is 29.5 Å². The number of benzene rings is 2. The smallest absolute Gasteiger partial charge is 0.217 e. The van der Waals surface area contributed by atoms with Crippen LogP contribution in [0.5, 0.6) is 0 Å². The van der Waals surface area contributed by atoms with Crippen molar-refractivity contribution in [1.29, 1.82) is 0 Å². The molecular formula is C32H30F2N6O2. The Hall–Kier alpha value is -4.08. The summed E-state index contributed by atoms with van der Waals surface area (Å²) in [6.07, 6.45) is 0.0847. The van der Waals surface area contributed by atoms with Gasteiger partial charge in [-0.05, 0) is 47.8 Å². The summed E-state index contributed by atoms with van der Waals surface area (Å²) in [6.45, 7) is 2.02. The van der Waals surface area contributed by atoms with Crippen LogP contribution in [0.2, 0.25) is 0 Å².